The van der Waals surface area contributed by atoms with E-state index in [4.69, 9.17) is 0 Å². The lowest BCUT2D eigenvalue weighted by Crippen LogP contribution is -2.01. The third-order valence-corrected chi connectivity index (χ3v) is 2.95. The van der Waals surface area contributed by atoms with Gasteiger partial charge in [-0.15, -0.1) is 0 Å². The van der Waals surface area contributed by atoms with Crippen molar-refractivity contribution in [3.63, 3.8) is 0 Å². The van der Waals surface area contributed by atoms with Crippen LogP contribution >= 0.6 is 15.9 Å². The number of para-hydroxylation sites is 1. The fourth-order valence-corrected chi connectivity index (χ4v) is 1.83. The van der Waals surface area contributed by atoms with Crippen LogP contribution in [0.25, 0.3) is 0 Å². The quantitative estimate of drug-likeness (QED) is 0.493. The van der Waals surface area contributed by atoms with Crippen LogP contribution in [0.2, 0.25) is 0 Å². The molecule has 0 bridgehead atoms. The zero-order valence-corrected chi connectivity index (χ0v) is 10.8. The van der Waals surface area contributed by atoms with Crippen molar-refractivity contribution < 1.29 is 9.59 Å². The molecule has 0 heterocycles. The van der Waals surface area contributed by atoms with Crippen LogP contribution in [0.5, 0.6) is 0 Å². The predicted molar refractivity (Wildman–Crippen MR) is 71.8 cm³/mol. The maximum Gasteiger partial charge on any atom is 0.240 e. The Morgan fingerprint density at radius 3 is 2.39 bits per heavy atom. The van der Waals surface area contributed by atoms with E-state index in [2.05, 4.69) is 20.9 Å². The molecule has 0 aromatic heterocycles. The van der Waals surface area contributed by atoms with Gasteiger partial charge in [-0.05, 0) is 36.4 Å². The van der Waals surface area contributed by atoms with E-state index in [0.717, 1.165) is 4.47 Å². The van der Waals surface area contributed by atoms with Crippen LogP contribution in [0.1, 0.15) is 15.9 Å². The summed E-state index contributed by atoms with van der Waals surface area (Å²) in [5.74, 6) is -0.169. The van der Waals surface area contributed by atoms with E-state index >= 15 is 0 Å². The van der Waals surface area contributed by atoms with E-state index < -0.39 is 0 Å². The molecule has 18 heavy (non-hydrogen) atoms. The van der Waals surface area contributed by atoms with E-state index in [1.165, 1.54) is 6.08 Å². The molecule has 0 radical (unpaired) electrons. The molecule has 4 heteroatoms. The highest BCUT2D eigenvalue weighted by molar-refractivity contribution is 9.10. The van der Waals surface area contributed by atoms with E-state index in [1.807, 2.05) is 0 Å². The van der Waals surface area contributed by atoms with Crippen molar-refractivity contribution in [3.8, 4) is 0 Å². The molecule has 0 saturated carbocycles. The first-order chi connectivity index (χ1) is 8.72. The van der Waals surface area contributed by atoms with E-state index in [1.54, 1.807) is 48.5 Å². The Labute approximate surface area is 112 Å². The van der Waals surface area contributed by atoms with Gasteiger partial charge in [-0.3, -0.25) is 4.79 Å². The summed E-state index contributed by atoms with van der Waals surface area (Å²) in [5.41, 5.74) is 1.27. The second-order valence-electron chi connectivity index (χ2n) is 3.56. The highest BCUT2D eigenvalue weighted by Crippen LogP contribution is 2.22. The zero-order chi connectivity index (χ0) is 13.0. The minimum atomic E-state index is -0.169. The van der Waals surface area contributed by atoms with Crippen molar-refractivity contribution in [2.45, 2.75) is 0 Å². The van der Waals surface area contributed by atoms with Gasteiger partial charge in [0.05, 0.1) is 5.69 Å². The molecule has 0 aliphatic rings. The van der Waals surface area contributed by atoms with Crippen LogP contribution in [-0.4, -0.2) is 11.9 Å². The summed E-state index contributed by atoms with van der Waals surface area (Å²) >= 11 is 3.31. The van der Waals surface area contributed by atoms with Crippen LogP contribution in [-0.2, 0) is 4.79 Å². The maximum atomic E-state index is 12.2. The van der Waals surface area contributed by atoms with Gasteiger partial charge in [0.1, 0.15) is 0 Å². The SMILES string of the molecule is O=C=Nc1ccccc1C(=O)c1ccc(Br)cc1. The van der Waals surface area contributed by atoms with E-state index in [9.17, 15) is 9.59 Å². The van der Waals surface area contributed by atoms with Gasteiger partial charge in [-0.2, -0.15) is 4.99 Å². The summed E-state index contributed by atoms with van der Waals surface area (Å²) in [6.07, 6.45) is 1.46. The molecule has 0 amide bonds. The summed E-state index contributed by atoms with van der Waals surface area (Å²) in [5, 5.41) is 0. The molecular formula is C14H8BrNO2. The highest BCUT2D eigenvalue weighted by atomic mass is 79.9. The topological polar surface area (TPSA) is 46.5 Å². The smallest absolute Gasteiger partial charge is 0.240 e. The zero-order valence-electron chi connectivity index (χ0n) is 9.26. The lowest BCUT2D eigenvalue weighted by molar-refractivity contribution is 0.103. The average Bonchev–Trinajstić information content (AvgIpc) is 2.40. The van der Waals surface area contributed by atoms with Crippen LogP contribution in [0.3, 0.4) is 0 Å². The number of isocyanates is 1. The molecule has 0 spiro atoms. The molecular weight excluding hydrogens is 294 g/mol. The van der Waals surface area contributed by atoms with Crippen molar-refractivity contribution in [2.75, 3.05) is 0 Å². The summed E-state index contributed by atoms with van der Waals surface area (Å²) in [6.45, 7) is 0. The predicted octanol–water partition coefficient (Wildman–Crippen LogP) is 3.65. The molecule has 3 nitrogen and oxygen atoms in total. The van der Waals surface area contributed by atoms with E-state index in [0.29, 0.717) is 16.8 Å². The number of aliphatic imine (C=N–C) groups is 1. The lowest BCUT2D eigenvalue weighted by Gasteiger charge is -2.03. The average molecular weight is 302 g/mol. The molecule has 2 aromatic rings. The van der Waals surface area contributed by atoms with Crippen LogP contribution in [0.15, 0.2) is 58.0 Å². The molecule has 0 atom stereocenters. The number of hydrogen-bond acceptors (Lipinski definition) is 3. The number of carbonyl (C=O) groups is 1. The lowest BCUT2D eigenvalue weighted by atomic mass is 10.0. The first-order valence-corrected chi connectivity index (χ1v) is 5.99. The Morgan fingerprint density at radius 1 is 1.06 bits per heavy atom. The van der Waals surface area contributed by atoms with Gasteiger partial charge in [0, 0.05) is 15.6 Å². The minimum Gasteiger partial charge on any atom is -0.289 e. The highest BCUT2D eigenvalue weighted by Gasteiger charge is 2.12. The van der Waals surface area contributed by atoms with Gasteiger partial charge >= 0.3 is 0 Å². The number of nitrogens with zero attached hydrogens (tertiary/aromatic N) is 1. The van der Waals surface area contributed by atoms with Crippen molar-refractivity contribution >= 4 is 33.5 Å². The molecule has 2 rings (SSSR count). The number of benzene rings is 2. The normalized spacial score (nSPS) is 9.61. The molecule has 0 aliphatic heterocycles. The minimum absolute atomic E-state index is 0.169. The summed E-state index contributed by atoms with van der Waals surface area (Å²) in [6, 6.07) is 13.7. The summed E-state index contributed by atoms with van der Waals surface area (Å²) < 4.78 is 0.901. The Bertz CT molecular complexity index is 628. The van der Waals surface area contributed by atoms with Gasteiger partial charge in [-0.1, -0.05) is 28.1 Å². The van der Waals surface area contributed by atoms with Crippen LogP contribution in [0, 0.1) is 0 Å². The number of rotatable bonds is 3. The van der Waals surface area contributed by atoms with Gasteiger partial charge < -0.3 is 0 Å². The van der Waals surface area contributed by atoms with Crippen molar-refractivity contribution in [1.82, 2.24) is 0 Å². The third kappa shape index (κ3) is 2.62. The fourth-order valence-electron chi connectivity index (χ4n) is 1.57. The molecule has 0 aliphatic carbocycles. The maximum absolute atomic E-state index is 12.2. The Kier molecular flexibility index (Phi) is 3.82. The number of carbonyl (C=O) groups excluding carboxylic acids is 2. The number of halogens is 1. The molecule has 0 saturated heterocycles. The fraction of sp³-hybridized carbons (Fsp3) is 0. The van der Waals surface area contributed by atoms with Gasteiger partial charge in [0.25, 0.3) is 0 Å². The molecule has 0 N–H and O–H groups in total. The Balaban J connectivity index is 2.46. The standard InChI is InChI=1S/C14H8BrNO2/c15-11-7-5-10(6-8-11)14(18)12-3-1-2-4-13(12)16-9-17/h1-8H. The monoisotopic (exact) mass is 301 g/mol. The number of ketones is 1. The van der Waals surface area contributed by atoms with Crippen LogP contribution < -0.4 is 0 Å². The largest absolute Gasteiger partial charge is 0.289 e. The number of hydrogen-bond donors (Lipinski definition) is 0. The molecule has 88 valence electrons. The first-order valence-electron chi connectivity index (χ1n) is 5.19. The van der Waals surface area contributed by atoms with E-state index in [-0.39, 0.29) is 5.78 Å². The Morgan fingerprint density at radius 2 is 1.72 bits per heavy atom. The molecule has 0 fully saturated rings. The third-order valence-electron chi connectivity index (χ3n) is 2.42. The molecule has 0 unspecified atom stereocenters. The van der Waals surface area contributed by atoms with Crippen molar-refractivity contribution in [2.24, 2.45) is 4.99 Å². The van der Waals surface area contributed by atoms with Gasteiger partial charge in [-0.25, -0.2) is 4.79 Å². The van der Waals surface area contributed by atoms with Crippen LogP contribution in [0.4, 0.5) is 5.69 Å². The van der Waals surface area contributed by atoms with Gasteiger partial charge in [0.15, 0.2) is 5.78 Å². The molecule has 2 aromatic carbocycles. The Hall–Kier alpha value is -2.03. The van der Waals surface area contributed by atoms with Crippen molar-refractivity contribution in [3.05, 3.63) is 64.1 Å². The summed E-state index contributed by atoms with van der Waals surface area (Å²) in [7, 11) is 0. The second-order valence-corrected chi connectivity index (χ2v) is 4.47. The second kappa shape index (κ2) is 5.54. The van der Waals surface area contributed by atoms with Crippen molar-refractivity contribution in [1.29, 1.82) is 0 Å². The summed E-state index contributed by atoms with van der Waals surface area (Å²) in [4.78, 5) is 26.1. The first kappa shape index (κ1) is 12.4. The van der Waals surface area contributed by atoms with Gasteiger partial charge in [0.2, 0.25) is 6.08 Å².